The van der Waals surface area contributed by atoms with Crippen molar-refractivity contribution in [2.24, 2.45) is 5.92 Å². The fourth-order valence-corrected chi connectivity index (χ4v) is 1.90. The lowest BCUT2D eigenvalue weighted by Gasteiger charge is -2.01. The molecule has 0 heterocycles. The van der Waals surface area contributed by atoms with E-state index in [9.17, 15) is 0 Å². The van der Waals surface area contributed by atoms with Crippen molar-refractivity contribution in [2.75, 3.05) is 6.61 Å². The molecule has 1 N–H and O–H groups in total. The molecule has 0 aromatic carbocycles. The van der Waals surface area contributed by atoms with Crippen LogP contribution < -0.4 is 0 Å². The summed E-state index contributed by atoms with van der Waals surface area (Å²) in [4.78, 5) is 0. The molecule has 0 fully saturated rings. The zero-order valence-corrected chi connectivity index (χ0v) is 12.0. The zero-order valence-electron chi connectivity index (χ0n) is 12.0. The fraction of sp³-hybridized carbons (Fsp3) is 0.875. The van der Waals surface area contributed by atoms with Crippen LogP contribution in [0.5, 0.6) is 0 Å². The van der Waals surface area contributed by atoms with Crippen LogP contribution in [-0.4, -0.2) is 11.7 Å². The summed E-state index contributed by atoms with van der Waals surface area (Å²) in [6.45, 7) is 4.89. The van der Waals surface area contributed by atoms with E-state index >= 15 is 0 Å². The van der Waals surface area contributed by atoms with E-state index < -0.39 is 0 Å². The summed E-state index contributed by atoms with van der Waals surface area (Å²) in [6, 6.07) is 0. The molecule has 1 nitrogen and oxygen atoms in total. The number of hydrogen-bond acceptors (Lipinski definition) is 1. The van der Waals surface area contributed by atoms with E-state index in [-0.39, 0.29) is 0 Å². The topological polar surface area (TPSA) is 20.2 Å². The Morgan fingerprint density at radius 1 is 0.882 bits per heavy atom. The third kappa shape index (κ3) is 13.6. The number of rotatable bonds is 12. The normalized spacial score (nSPS) is 13.4. The molecule has 1 atom stereocenters. The van der Waals surface area contributed by atoms with Gasteiger partial charge in [-0.3, -0.25) is 0 Å². The van der Waals surface area contributed by atoms with Crippen molar-refractivity contribution in [2.45, 2.75) is 78.1 Å². The molecular weight excluding hydrogens is 208 g/mol. The summed E-state index contributed by atoms with van der Waals surface area (Å²) < 4.78 is 0. The highest BCUT2D eigenvalue weighted by atomic mass is 16.2. The maximum Gasteiger partial charge on any atom is 0.0431 e. The van der Waals surface area contributed by atoms with Crippen LogP contribution in [0.25, 0.3) is 0 Å². The van der Waals surface area contributed by atoms with Crippen molar-refractivity contribution in [3.63, 3.8) is 0 Å². The van der Waals surface area contributed by atoms with Crippen LogP contribution in [0.3, 0.4) is 0 Å². The average Bonchev–Trinajstić information content (AvgIpc) is 2.35. The van der Waals surface area contributed by atoms with E-state index in [1.807, 2.05) is 0 Å². The van der Waals surface area contributed by atoms with Crippen molar-refractivity contribution < 1.29 is 5.11 Å². The molecular formula is C16H32O. The first-order valence-electron chi connectivity index (χ1n) is 7.58. The van der Waals surface area contributed by atoms with E-state index in [0.29, 0.717) is 6.61 Å². The first kappa shape index (κ1) is 16.7. The Morgan fingerprint density at radius 3 is 1.94 bits per heavy atom. The first-order valence-corrected chi connectivity index (χ1v) is 7.58. The summed E-state index contributed by atoms with van der Waals surface area (Å²) >= 11 is 0. The highest BCUT2D eigenvalue weighted by Crippen LogP contribution is 2.10. The number of hydrogen-bond donors (Lipinski definition) is 1. The Hall–Kier alpha value is -0.300. The maximum absolute atomic E-state index is 8.64. The lowest BCUT2D eigenvalue weighted by atomic mass is 10.1. The van der Waals surface area contributed by atoms with Gasteiger partial charge in [0.1, 0.15) is 0 Å². The fourth-order valence-electron chi connectivity index (χ4n) is 1.90. The van der Waals surface area contributed by atoms with E-state index in [1.54, 1.807) is 0 Å². The molecule has 0 aliphatic carbocycles. The SMILES string of the molecule is CCC(C)C=CCCCCCCCCCCO. The van der Waals surface area contributed by atoms with Gasteiger partial charge < -0.3 is 5.11 Å². The minimum absolute atomic E-state index is 0.364. The van der Waals surface area contributed by atoms with Gasteiger partial charge in [0.05, 0.1) is 0 Å². The predicted octanol–water partition coefficient (Wildman–Crippen LogP) is 5.09. The van der Waals surface area contributed by atoms with Gasteiger partial charge in [-0.25, -0.2) is 0 Å². The summed E-state index contributed by atoms with van der Waals surface area (Å²) in [7, 11) is 0. The molecule has 0 saturated heterocycles. The van der Waals surface area contributed by atoms with Crippen LogP contribution in [-0.2, 0) is 0 Å². The van der Waals surface area contributed by atoms with Crippen molar-refractivity contribution in [1.82, 2.24) is 0 Å². The minimum Gasteiger partial charge on any atom is -0.396 e. The third-order valence-corrected chi connectivity index (χ3v) is 3.39. The van der Waals surface area contributed by atoms with Crippen molar-refractivity contribution in [3.8, 4) is 0 Å². The lowest BCUT2D eigenvalue weighted by molar-refractivity contribution is 0.282. The van der Waals surface area contributed by atoms with Crippen LogP contribution in [0.4, 0.5) is 0 Å². The van der Waals surface area contributed by atoms with Gasteiger partial charge in [0.15, 0.2) is 0 Å². The molecule has 0 amide bonds. The highest BCUT2D eigenvalue weighted by Gasteiger charge is 1.92. The van der Waals surface area contributed by atoms with Crippen LogP contribution in [0.1, 0.15) is 78.1 Å². The standard InChI is InChI=1S/C16H32O/c1-3-16(2)14-12-10-8-6-4-5-7-9-11-13-15-17/h12,14,16-17H,3-11,13,15H2,1-2H3. The van der Waals surface area contributed by atoms with E-state index in [2.05, 4.69) is 26.0 Å². The molecule has 1 unspecified atom stereocenters. The minimum atomic E-state index is 0.364. The molecule has 0 aromatic rings. The first-order chi connectivity index (χ1) is 8.31. The number of aliphatic hydroxyl groups is 1. The largest absolute Gasteiger partial charge is 0.396 e. The van der Waals surface area contributed by atoms with Crippen LogP contribution in [0.15, 0.2) is 12.2 Å². The van der Waals surface area contributed by atoms with Gasteiger partial charge in [-0.2, -0.15) is 0 Å². The van der Waals surface area contributed by atoms with E-state index in [0.717, 1.165) is 12.3 Å². The van der Waals surface area contributed by atoms with E-state index in [1.165, 1.54) is 57.8 Å². The third-order valence-electron chi connectivity index (χ3n) is 3.39. The molecule has 0 radical (unpaired) electrons. The second-order valence-electron chi connectivity index (χ2n) is 5.15. The lowest BCUT2D eigenvalue weighted by Crippen LogP contribution is -1.85. The summed E-state index contributed by atoms with van der Waals surface area (Å²) in [5, 5.41) is 8.64. The van der Waals surface area contributed by atoms with E-state index in [4.69, 9.17) is 5.11 Å². The summed E-state index contributed by atoms with van der Waals surface area (Å²) in [5.41, 5.74) is 0. The Labute approximate surface area is 108 Å². The Balaban J connectivity index is 3.06. The molecule has 0 aromatic heterocycles. The van der Waals surface area contributed by atoms with Gasteiger partial charge in [-0.05, 0) is 25.2 Å². The summed E-state index contributed by atoms with van der Waals surface area (Å²) in [5.74, 6) is 0.751. The van der Waals surface area contributed by atoms with Gasteiger partial charge in [-0.1, -0.05) is 70.9 Å². The van der Waals surface area contributed by atoms with Gasteiger partial charge in [0.2, 0.25) is 0 Å². The molecule has 0 saturated carbocycles. The van der Waals surface area contributed by atoms with Gasteiger partial charge in [0, 0.05) is 6.61 Å². The monoisotopic (exact) mass is 240 g/mol. The van der Waals surface area contributed by atoms with Crippen molar-refractivity contribution in [3.05, 3.63) is 12.2 Å². The maximum atomic E-state index is 8.64. The Morgan fingerprint density at radius 2 is 1.41 bits per heavy atom. The second-order valence-corrected chi connectivity index (χ2v) is 5.15. The van der Waals surface area contributed by atoms with Crippen LogP contribution >= 0.6 is 0 Å². The van der Waals surface area contributed by atoms with Gasteiger partial charge in [-0.15, -0.1) is 0 Å². The van der Waals surface area contributed by atoms with Crippen LogP contribution in [0.2, 0.25) is 0 Å². The van der Waals surface area contributed by atoms with Crippen molar-refractivity contribution in [1.29, 1.82) is 0 Å². The Bertz CT molecular complexity index is 163. The molecule has 1 heteroatoms. The zero-order chi connectivity index (χ0) is 12.8. The van der Waals surface area contributed by atoms with Crippen molar-refractivity contribution >= 4 is 0 Å². The quantitative estimate of drug-likeness (QED) is 0.372. The predicted molar refractivity (Wildman–Crippen MR) is 77.2 cm³/mol. The number of aliphatic hydroxyl groups excluding tert-OH is 1. The van der Waals surface area contributed by atoms with Gasteiger partial charge >= 0.3 is 0 Å². The van der Waals surface area contributed by atoms with Gasteiger partial charge in [0.25, 0.3) is 0 Å². The summed E-state index contributed by atoms with van der Waals surface area (Å²) in [6.07, 6.45) is 17.6. The second kappa shape index (κ2) is 13.8. The molecule has 0 rings (SSSR count). The number of allylic oxidation sites excluding steroid dienone is 2. The molecule has 0 spiro atoms. The highest BCUT2D eigenvalue weighted by molar-refractivity contribution is 4.85. The number of unbranched alkanes of at least 4 members (excludes halogenated alkanes) is 8. The molecule has 0 bridgehead atoms. The molecule has 0 aliphatic heterocycles. The Kier molecular flexibility index (Phi) is 13.5. The molecule has 17 heavy (non-hydrogen) atoms. The smallest absolute Gasteiger partial charge is 0.0431 e. The van der Waals surface area contributed by atoms with Crippen LogP contribution in [0, 0.1) is 5.92 Å². The molecule has 0 aliphatic rings. The molecule has 102 valence electrons. The average molecular weight is 240 g/mol.